The van der Waals surface area contributed by atoms with Crippen LogP contribution in [0.2, 0.25) is 0 Å². The molecular formula is C16H18O7. The molecule has 0 saturated carbocycles. The summed E-state index contributed by atoms with van der Waals surface area (Å²) in [7, 11) is 0. The van der Waals surface area contributed by atoms with Crippen LogP contribution in [0.25, 0.3) is 0 Å². The van der Waals surface area contributed by atoms with Gasteiger partial charge in [-0.25, -0.2) is 0 Å². The number of allylic oxidation sites excluding steroid dienone is 1. The number of rotatable bonds is 5. The van der Waals surface area contributed by atoms with Gasteiger partial charge in [-0.1, -0.05) is 0 Å². The molecule has 23 heavy (non-hydrogen) atoms. The number of furan rings is 1. The largest absolute Gasteiger partial charge is 0.511 e. The Morgan fingerprint density at radius 3 is 2.30 bits per heavy atom. The van der Waals surface area contributed by atoms with Crippen molar-refractivity contribution in [2.45, 2.75) is 19.8 Å². The van der Waals surface area contributed by atoms with Crippen molar-refractivity contribution < 1.29 is 33.4 Å². The van der Waals surface area contributed by atoms with Crippen LogP contribution in [0.15, 0.2) is 34.6 Å². The lowest BCUT2D eigenvalue weighted by Crippen LogP contribution is -2.42. The minimum absolute atomic E-state index is 0.0905. The summed E-state index contributed by atoms with van der Waals surface area (Å²) in [4.78, 5) is 36.6. The number of hydrogen-bond donors (Lipinski definition) is 1. The number of ether oxygens (including phenoxy) is 2. The molecule has 1 aliphatic rings. The number of esters is 2. The summed E-state index contributed by atoms with van der Waals surface area (Å²) < 4.78 is 15.2. The SMILES string of the molecule is CCOC(=O)C1C(=O)C=C(O)C(C(=O)OCC)C1c1ccco1. The van der Waals surface area contributed by atoms with Crippen LogP contribution in [0.1, 0.15) is 25.5 Å². The van der Waals surface area contributed by atoms with E-state index in [1.807, 2.05) is 0 Å². The predicted octanol–water partition coefficient (Wildman–Crippen LogP) is 1.75. The first-order chi connectivity index (χ1) is 11.0. The maximum Gasteiger partial charge on any atom is 0.317 e. The van der Waals surface area contributed by atoms with E-state index < -0.39 is 41.2 Å². The molecule has 1 heterocycles. The van der Waals surface area contributed by atoms with Gasteiger partial charge >= 0.3 is 11.9 Å². The molecule has 3 atom stereocenters. The topological polar surface area (TPSA) is 103 Å². The quantitative estimate of drug-likeness (QED) is 0.650. The molecule has 1 aromatic heterocycles. The number of carbonyl (C=O) groups is 3. The number of ketones is 1. The fraction of sp³-hybridized carbons (Fsp3) is 0.438. The summed E-state index contributed by atoms with van der Waals surface area (Å²) in [6.07, 6.45) is 2.24. The Labute approximate surface area is 132 Å². The molecule has 7 nitrogen and oxygen atoms in total. The fourth-order valence-corrected chi connectivity index (χ4v) is 2.68. The second-order valence-corrected chi connectivity index (χ2v) is 4.97. The molecule has 3 unspecified atom stereocenters. The second-order valence-electron chi connectivity index (χ2n) is 4.97. The molecule has 0 spiro atoms. The van der Waals surface area contributed by atoms with Crippen LogP contribution in [0, 0.1) is 11.8 Å². The van der Waals surface area contributed by atoms with Gasteiger partial charge in [-0.3, -0.25) is 14.4 Å². The summed E-state index contributed by atoms with van der Waals surface area (Å²) in [5, 5.41) is 10.1. The van der Waals surface area contributed by atoms with Crippen LogP contribution < -0.4 is 0 Å². The summed E-state index contributed by atoms with van der Waals surface area (Å²) in [6.45, 7) is 3.43. The van der Waals surface area contributed by atoms with Crippen molar-refractivity contribution in [2.24, 2.45) is 11.8 Å². The molecule has 0 saturated heterocycles. The highest BCUT2D eigenvalue weighted by Gasteiger charge is 2.50. The van der Waals surface area contributed by atoms with Crippen LogP contribution in [0.5, 0.6) is 0 Å². The smallest absolute Gasteiger partial charge is 0.317 e. The fourth-order valence-electron chi connectivity index (χ4n) is 2.68. The van der Waals surface area contributed by atoms with E-state index in [9.17, 15) is 19.5 Å². The lowest BCUT2D eigenvalue weighted by atomic mass is 9.72. The van der Waals surface area contributed by atoms with Gasteiger partial charge in [0.15, 0.2) is 5.78 Å². The molecule has 0 amide bonds. The Hall–Kier alpha value is -2.57. The van der Waals surface area contributed by atoms with Crippen molar-refractivity contribution in [1.29, 1.82) is 0 Å². The van der Waals surface area contributed by atoms with E-state index in [2.05, 4.69) is 0 Å². The average Bonchev–Trinajstić information content (AvgIpc) is 3.00. The van der Waals surface area contributed by atoms with E-state index in [0.717, 1.165) is 6.08 Å². The molecule has 1 aromatic rings. The molecule has 1 aliphatic carbocycles. The third-order valence-corrected chi connectivity index (χ3v) is 3.59. The lowest BCUT2D eigenvalue weighted by molar-refractivity contribution is -0.156. The van der Waals surface area contributed by atoms with Crippen molar-refractivity contribution in [3.8, 4) is 0 Å². The standard InChI is InChI=1S/C16H18O7/c1-3-21-15(19)12-9(17)8-10(18)13(16(20)22-4-2)14(12)11-6-5-7-23-11/h5-8,12-14,17H,3-4H2,1-2H3. The van der Waals surface area contributed by atoms with Gasteiger partial charge in [-0.2, -0.15) is 0 Å². The second kappa shape index (κ2) is 7.13. The third kappa shape index (κ3) is 3.28. The van der Waals surface area contributed by atoms with Gasteiger partial charge < -0.3 is 19.0 Å². The number of aliphatic hydroxyl groups is 1. The highest BCUT2D eigenvalue weighted by molar-refractivity contribution is 6.08. The molecular weight excluding hydrogens is 304 g/mol. The molecule has 0 aliphatic heterocycles. The predicted molar refractivity (Wildman–Crippen MR) is 77.4 cm³/mol. The highest BCUT2D eigenvalue weighted by Crippen LogP contribution is 2.41. The first-order valence-electron chi connectivity index (χ1n) is 7.32. The van der Waals surface area contributed by atoms with E-state index >= 15 is 0 Å². The maximum absolute atomic E-state index is 12.2. The van der Waals surface area contributed by atoms with Gasteiger partial charge in [0.05, 0.1) is 25.4 Å². The minimum atomic E-state index is -1.27. The summed E-state index contributed by atoms with van der Waals surface area (Å²) in [5.41, 5.74) is 0. The van der Waals surface area contributed by atoms with Gasteiger partial charge in [-0.15, -0.1) is 0 Å². The summed E-state index contributed by atoms with van der Waals surface area (Å²) in [5.74, 6) is -5.84. The zero-order chi connectivity index (χ0) is 17.0. The van der Waals surface area contributed by atoms with Crippen LogP contribution in [-0.2, 0) is 23.9 Å². The van der Waals surface area contributed by atoms with Crippen LogP contribution in [0.4, 0.5) is 0 Å². The van der Waals surface area contributed by atoms with Crippen molar-refractivity contribution in [2.75, 3.05) is 13.2 Å². The van der Waals surface area contributed by atoms with E-state index in [1.165, 1.54) is 12.3 Å². The Balaban J connectivity index is 2.50. The zero-order valence-corrected chi connectivity index (χ0v) is 12.9. The maximum atomic E-state index is 12.2. The van der Waals surface area contributed by atoms with Gasteiger partial charge in [0, 0.05) is 6.08 Å². The van der Waals surface area contributed by atoms with E-state index in [-0.39, 0.29) is 19.0 Å². The van der Waals surface area contributed by atoms with Gasteiger partial charge in [0.25, 0.3) is 0 Å². The van der Waals surface area contributed by atoms with Crippen LogP contribution in [0.3, 0.4) is 0 Å². The number of carbonyl (C=O) groups excluding carboxylic acids is 3. The zero-order valence-electron chi connectivity index (χ0n) is 12.9. The minimum Gasteiger partial charge on any atom is -0.511 e. The normalized spacial score (nSPS) is 24.0. The summed E-state index contributed by atoms with van der Waals surface area (Å²) >= 11 is 0. The third-order valence-electron chi connectivity index (χ3n) is 3.59. The van der Waals surface area contributed by atoms with E-state index in [0.29, 0.717) is 0 Å². The van der Waals surface area contributed by atoms with Gasteiger partial charge in [0.1, 0.15) is 23.4 Å². The van der Waals surface area contributed by atoms with Gasteiger partial charge in [0.2, 0.25) is 0 Å². The monoisotopic (exact) mass is 322 g/mol. The van der Waals surface area contributed by atoms with Crippen molar-refractivity contribution in [3.63, 3.8) is 0 Å². The number of hydrogen-bond acceptors (Lipinski definition) is 7. The number of aliphatic hydroxyl groups excluding tert-OH is 1. The summed E-state index contributed by atoms with van der Waals surface area (Å²) in [6, 6.07) is 3.11. The van der Waals surface area contributed by atoms with Crippen LogP contribution >= 0.6 is 0 Å². The molecule has 124 valence electrons. The Morgan fingerprint density at radius 1 is 1.17 bits per heavy atom. The molecule has 0 fully saturated rings. The lowest BCUT2D eigenvalue weighted by Gasteiger charge is -2.31. The molecule has 0 aromatic carbocycles. The average molecular weight is 322 g/mol. The molecule has 0 bridgehead atoms. The molecule has 1 N–H and O–H groups in total. The molecule has 0 radical (unpaired) electrons. The molecule has 2 rings (SSSR count). The van der Waals surface area contributed by atoms with E-state index in [1.54, 1.807) is 19.9 Å². The highest BCUT2D eigenvalue weighted by atomic mass is 16.5. The Kier molecular flexibility index (Phi) is 5.20. The van der Waals surface area contributed by atoms with Crippen molar-refractivity contribution in [1.82, 2.24) is 0 Å². The Bertz CT molecular complexity index is 614. The van der Waals surface area contributed by atoms with Crippen LogP contribution in [-0.4, -0.2) is 36.0 Å². The van der Waals surface area contributed by atoms with Crippen molar-refractivity contribution in [3.05, 3.63) is 36.0 Å². The van der Waals surface area contributed by atoms with Crippen molar-refractivity contribution >= 4 is 17.7 Å². The first kappa shape index (κ1) is 16.8. The first-order valence-corrected chi connectivity index (χ1v) is 7.32. The van der Waals surface area contributed by atoms with Gasteiger partial charge in [-0.05, 0) is 26.0 Å². The molecule has 7 heteroatoms. The van der Waals surface area contributed by atoms with E-state index in [4.69, 9.17) is 13.9 Å². The Morgan fingerprint density at radius 2 is 1.78 bits per heavy atom.